The van der Waals surface area contributed by atoms with Gasteiger partial charge in [-0.15, -0.1) is 0 Å². The molecule has 2 rings (SSSR count). The third kappa shape index (κ3) is 2.88. The number of benzene rings is 1. The Balaban J connectivity index is 2.42. The number of rotatable bonds is 5. The van der Waals surface area contributed by atoms with Gasteiger partial charge in [-0.3, -0.25) is 0 Å². The molecule has 0 aliphatic carbocycles. The van der Waals surface area contributed by atoms with E-state index in [-0.39, 0.29) is 5.41 Å². The van der Waals surface area contributed by atoms with Gasteiger partial charge in [0.25, 0.3) is 0 Å². The van der Waals surface area contributed by atoms with Gasteiger partial charge in [-0.05, 0) is 31.6 Å². The molecule has 1 aromatic heterocycles. The Bertz CT molecular complexity index is 601. The third-order valence-electron chi connectivity index (χ3n) is 3.32. The Morgan fingerprint density at radius 1 is 1.35 bits per heavy atom. The van der Waals surface area contributed by atoms with Crippen LogP contribution in [0.4, 0.5) is 5.95 Å². The molecule has 0 aliphatic rings. The van der Waals surface area contributed by atoms with Gasteiger partial charge >= 0.3 is 0 Å². The van der Waals surface area contributed by atoms with Gasteiger partial charge in [-0.2, -0.15) is 0 Å². The molecule has 0 fully saturated rings. The molecule has 0 radical (unpaired) electrons. The minimum Gasteiger partial charge on any atom is -0.494 e. The summed E-state index contributed by atoms with van der Waals surface area (Å²) in [5.74, 6) is 1.30. The smallest absolute Gasteiger partial charge is 0.201 e. The maximum absolute atomic E-state index is 6.10. The summed E-state index contributed by atoms with van der Waals surface area (Å²) in [6, 6.07) is 5.91. The van der Waals surface area contributed by atoms with Gasteiger partial charge in [-0.1, -0.05) is 19.9 Å². The molecule has 1 aromatic carbocycles. The molecule has 0 amide bonds. The molecule has 110 valence electrons. The molecule has 0 saturated heterocycles. The number of nitrogen functional groups attached to an aromatic ring is 1. The number of methoxy groups -OCH3 is 1. The van der Waals surface area contributed by atoms with Gasteiger partial charge < -0.3 is 19.9 Å². The Kier molecular flexibility index (Phi) is 3.90. The first-order valence-electron chi connectivity index (χ1n) is 6.77. The van der Waals surface area contributed by atoms with Crippen molar-refractivity contribution >= 4 is 17.0 Å². The fourth-order valence-corrected chi connectivity index (χ4v) is 2.80. The molecule has 0 aliphatic heterocycles. The molecule has 5 nitrogen and oxygen atoms in total. The Hall–Kier alpha value is -1.75. The monoisotopic (exact) mass is 276 g/mol. The fourth-order valence-electron chi connectivity index (χ4n) is 2.80. The first kappa shape index (κ1) is 14.7. The molecular weight excluding hydrogens is 252 g/mol. The first-order valence-corrected chi connectivity index (χ1v) is 6.77. The fraction of sp³-hybridized carbons (Fsp3) is 0.533. The number of nitrogens with zero attached hydrogens (tertiary/aromatic N) is 3. The topological polar surface area (TPSA) is 56.3 Å². The number of aromatic nitrogens is 2. The van der Waals surface area contributed by atoms with Crippen LogP contribution < -0.4 is 10.5 Å². The van der Waals surface area contributed by atoms with Crippen LogP contribution in [0.15, 0.2) is 18.2 Å². The van der Waals surface area contributed by atoms with Crippen LogP contribution in [0.25, 0.3) is 11.0 Å². The Labute approximate surface area is 120 Å². The van der Waals surface area contributed by atoms with Crippen LogP contribution in [-0.4, -0.2) is 42.2 Å². The number of hydrogen-bond acceptors (Lipinski definition) is 4. The van der Waals surface area contributed by atoms with Crippen molar-refractivity contribution in [2.24, 2.45) is 5.41 Å². The summed E-state index contributed by atoms with van der Waals surface area (Å²) in [7, 11) is 5.82. The zero-order chi connectivity index (χ0) is 14.9. The van der Waals surface area contributed by atoms with Gasteiger partial charge in [0.15, 0.2) is 0 Å². The lowest BCUT2D eigenvalue weighted by molar-refractivity contribution is 0.214. The van der Waals surface area contributed by atoms with Crippen LogP contribution in [0.1, 0.15) is 13.8 Å². The zero-order valence-corrected chi connectivity index (χ0v) is 13.0. The number of imidazole rings is 1. The maximum Gasteiger partial charge on any atom is 0.201 e. The second kappa shape index (κ2) is 5.32. The van der Waals surface area contributed by atoms with Gasteiger partial charge in [0.2, 0.25) is 5.95 Å². The van der Waals surface area contributed by atoms with E-state index in [9.17, 15) is 0 Å². The molecule has 0 atom stereocenters. The van der Waals surface area contributed by atoms with Crippen molar-refractivity contribution in [3.05, 3.63) is 18.2 Å². The maximum atomic E-state index is 6.10. The standard InChI is InChI=1S/C15H24N4O/c1-15(2,9-18(3)4)10-19-11-7-6-8-12(20-5)13(11)17-14(19)16/h6-8H,9-10H2,1-5H3,(H2,16,17). The van der Waals surface area contributed by atoms with Crippen molar-refractivity contribution in [1.82, 2.24) is 14.5 Å². The molecule has 0 bridgehead atoms. The molecule has 20 heavy (non-hydrogen) atoms. The van der Waals surface area contributed by atoms with Crippen LogP contribution in [0, 0.1) is 5.41 Å². The normalized spacial score (nSPS) is 12.3. The number of anilines is 1. The summed E-state index contributed by atoms with van der Waals surface area (Å²) in [6.07, 6.45) is 0. The molecule has 1 heterocycles. The van der Waals surface area contributed by atoms with Crippen LogP contribution >= 0.6 is 0 Å². The molecule has 2 aromatic rings. The lowest BCUT2D eigenvalue weighted by atomic mass is 9.93. The van der Waals surface area contributed by atoms with Crippen molar-refractivity contribution in [3.63, 3.8) is 0 Å². The van der Waals surface area contributed by atoms with E-state index in [1.165, 1.54) is 0 Å². The highest BCUT2D eigenvalue weighted by Gasteiger charge is 2.23. The molecule has 0 unspecified atom stereocenters. The quantitative estimate of drug-likeness (QED) is 0.909. The van der Waals surface area contributed by atoms with Gasteiger partial charge in [0.05, 0.1) is 12.6 Å². The lowest BCUT2D eigenvalue weighted by Gasteiger charge is -2.29. The number of para-hydroxylation sites is 1. The highest BCUT2D eigenvalue weighted by molar-refractivity contribution is 5.84. The van der Waals surface area contributed by atoms with E-state index < -0.39 is 0 Å². The number of nitrogens with two attached hydrogens (primary N) is 1. The van der Waals surface area contributed by atoms with E-state index in [0.717, 1.165) is 29.9 Å². The van der Waals surface area contributed by atoms with E-state index in [1.54, 1.807) is 7.11 Å². The summed E-state index contributed by atoms with van der Waals surface area (Å²) in [4.78, 5) is 6.64. The van der Waals surface area contributed by atoms with Gasteiger partial charge in [0, 0.05) is 13.1 Å². The molecule has 0 spiro atoms. The summed E-state index contributed by atoms with van der Waals surface area (Å²) in [5.41, 5.74) is 8.05. The van der Waals surface area contributed by atoms with Crippen LogP contribution in [0.2, 0.25) is 0 Å². The predicted octanol–water partition coefficient (Wildman–Crippen LogP) is 2.21. The van der Waals surface area contributed by atoms with Crippen molar-refractivity contribution < 1.29 is 4.74 Å². The van der Waals surface area contributed by atoms with Crippen LogP contribution in [-0.2, 0) is 6.54 Å². The number of ether oxygens (including phenoxy) is 1. The van der Waals surface area contributed by atoms with Crippen molar-refractivity contribution in [1.29, 1.82) is 0 Å². The highest BCUT2D eigenvalue weighted by Crippen LogP contribution is 2.29. The van der Waals surface area contributed by atoms with Crippen molar-refractivity contribution in [2.45, 2.75) is 20.4 Å². The largest absolute Gasteiger partial charge is 0.494 e. The zero-order valence-electron chi connectivity index (χ0n) is 13.0. The first-order chi connectivity index (χ1) is 9.34. The van der Waals surface area contributed by atoms with Crippen molar-refractivity contribution in [2.75, 3.05) is 33.5 Å². The molecule has 0 saturated carbocycles. The minimum absolute atomic E-state index is 0.105. The van der Waals surface area contributed by atoms with E-state index in [1.807, 2.05) is 18.2 Å². The van der Waals surface area contributed by atoms with E-state index in [0.29, 0.717) is 5.95 Å². The van der Waals surface area contributed by atoms with Gasteiger partial charge in [0.1, 0.15) is 11.3 Å². The average molecular weight is 276 g/mol. The van der Waals surface area contributed by atoms with Gasteiger partial charge in [-0.25, -0.2) is 4.98 Å². The number of fused-ring (bicyclic) bond motifs is 1. The molecule has 2 N–H and O–H groups in total. The average Bonchev–Trinajstić information content (AvgIpc) is 2.64. The Morgan fingerprint density at radius 2 is 2.05 bits per heavy atom. The Morgan fingerprint density at radius 3 is 2.65 bits per heavy atom. The molecular formula is C15H24N4O. The minimum atomic E-state index is 0.105. The van der Waals surface area contributed by atoms with E-state index >= 15 is 0 Å². The summed E-state index contributed by atoms with van der Waals surface area (Å²) < 4.78 is 7.42. The summed E-state index contributed by atoms with van der Waals surface area (Å²) in [6.45, 7) is 6.27. The second-order valence-electron chi connectivity index (χ2n) is 6.29. The SMILES string of the molecule is COc1cccc2c1nc(N)n2CC(C)(C)CN(C)C. The van der Waals surface area contributed by atoms with Crippen LogP contribution in [0.3, 0.4) is 0 Å². The third-order valence-corrected chi connectivity index (χ3v) is 3.32. The van der Waals surface area contributed by atoms with Crippen LogP contribution in [0.5, 0.6) is 5.75 Å². The number of hydrogen-bond donors (Lipinski definition) is 1. The van der Waals surface area contributed by atoms with E-state index in [2.05, 4.69) is 42.4 Å². The summed E-state index contributed by atoms with van der Waals surface area (Å²) >= 11 is 0. The molecule has 5 heteroatoms. The second-order valence-corrected chi connectivity index (χ2v) is 6.29. The van der Waals surface area contributed by atoms with Crippen molar-refractivity contribution in [3.8, 4) is 5.75 Å². The van der Waals surface area contributed by atoms with E-state index in [4.69, 9.17) is 10.5 Å². The predicted molar refractivity (Wildman–Crippen MR) is 83.0 cm³/mol. The highest BCUT2D eigenvalue weighted by atomic mass is 16.5. The lowest BCUT2D eigenvalue weighted by Crippen LogP contribution is -2.32. The summed E-state index contributed by atoms with van der Waals surface area (Å²) in [5, 5.41) is 0.